The quantitative estimate of drug-likeness (QED) is 0.877. The number of aromatic nitrogens is 2. The van der Waals surface area contributed by atoms with Crippen molar-refractivity contribution in [3.8, 4) is 0 Å². The van der Waals surface area contributed by atoms with Gasteiger partial charge in [0.2, 0.25) is 5.91 Å². The monoisotopic (exact) mass is 325 g/mol. The summed E-state index contributed by atoms with van der Waals surface area (Å²) in [5.41, 5.74) is 4.88. The number of H-pyrrole nitrogens is 1. The van der Waals surface area contributed by atoms with Crippen LogP contribution < -0.4 is 5.43 Å². The molecular weight excluding hydrogens is 306 g/mol. The fourth-order valence-electron chi connectivity index (χ4n) is 3.33. The van der Waals surface area contributed by atoms with Crippen LogP contribution >= 0.6 is 0 Å². The number of aromatic amines is 1. The average Bonchev–Trinajstić information content (AvgIpc) is 3.06. The molecule has 7 heteroatoms. The number of rotatable bonds is 2. The molecule has 2 aromatic rings. The molecular formula is C17H19N5O2. The van der Waals surface area contributed by atoms with Crippen LogP contribution in [0.15, 0.2) is 29.4 Å². The first-order valence-electron chi connectivity index (χ1n) is 8.30. The lowest BCUT2D eigenvalue weighted by Gasteiger charge is -2.31. The zero-order valence-electron chi connectivity index (χ0n) is 13.3. The Morgan fingerprint density at radius 2 is 1.96 bits per heavy atom. The van der Waals surface area contributed by atoms with E-state index in [4.69, 9.17) is 0 Å². The molecule has 4 rings (SSSR count). The van der Waals surface area contributed by atoms with Gasteiger partial charge in [-0.3, -0.25) is 9.59 Å². The third kappa shape index (κ3) is 2.77. The second-order valence-corrected chi connectivity index (χ2v) is 6.30. The van der Waals surface area contributed by atoms with Crippen LogP contribution in [-0.4, -0.2) is 45.5 Å². The van der Waals surface area contributed by atoms with Crippen molar-refractivity contribution in [3.63, 3.8) is 0 Å². The summed E-state index contributed by atoms with van der Waals surface area (Å²) in [6.45, 7) is 1.38. The van der Waals surface area contributed by atoms with Gasteiger partial charge in [0.1, 0.15) is 11.5 Å². The highest BCUT2D eigenvalue weighted by Gasteiger charge is 2.29. The number of para-hydroxylation sites is 2. The Bertz CT molecular complexity index is 784. The number of amides is 2. The molecule has 1 aromatic heterocycles. The highest BCUT2D eigenvalue weighted by atomic mass is 16.2. The van der Waals surface area contributed by atoms with Crippen LogP contribution in [0.2, 0.25) is 0 Å². The van der Waals surface area contributed by atoms with Gasteiger partial charge in [-0.2, -0.15) is 5.10 Å². The zero-order valence-corrected chi connectivity index (χ0v) is 13.3. The maximum atomic E-state index is 12.5. The van der Waals surface area contributed by atoms with E-state index >= 15 is 0 Å². The number of likely N-dealkylation sites (tertiary alicyclic amines) is 1. The Kier molecular flexibility index (Phi) is 3.76. The third-order valence-corrected chi connectivity index (χ3v) is 4.73. The number of carbonyl (C=O) groups excluding carboxylic acids is 2. The van der Waals surface area contributed by atoms with Gasteiger partial charge in [0.25, 0.3) is 5.91 Å². The number of piperidine rings is 1. The van der Waals surface area contributed by atoms with Crippen LogP contribution in [0.5, 0.6) is 0 Å². The fourth-order valence-corrected chi connectivity index (χ4v) is 3.33. The van der Waals surface area contributed by atoms with Crippen LogP contribution in [0.25, 0.3) is 11.0 Å². The van der Waals surface area contributed by atoms with Gasteiger partial charge in [-0.05, 0) is 25.0 Å². The molecule has 0 atom stereocenters. The van der Waals surface area contributed by atoms with Crippen LogP contribution in [-0.2, 0) is 9.59 Å². The molecule has 1 saturated heterocycles. The van der Waals surface area contributed by atoms with Crippen LogP contribution in [0.4, 0.5) is 0 Å². The van der Waals surface area contributed by atoms with Crippen LogP contribution in [0, 0.1) is 0 Å². The second kappa shape index (κ2) is 6.07. The average molecular weight is 325 g/mol. The van der Waals surface area contributed by atoms with E-state index in [9.17, 15) is 9.59 Å². The van der Waals surface area contributed by atoms with E-state index in [-0.39, 0.29) is 11.8 Å². The SMILES string of the molecule is O=C1CCC(C(=O)N2CCC(c3nc4ccccc4[nH]3)CC2)=NN1. The number of benzene rings is 1. The topological polar surface area (TPSA) is 90.5 Å². The lowest BCUT2D eigenvalue weighted by atomic mass is 9.95. The first kappa shape index (κ1) is 14.9. The van der Waals surface area contributed by atoms with Crippen molar-refractivity contribution in [2.75, 3.05) is 13.1 Å². The summed E-state index contributed by atoms with van der Waals surface area (Å²) in [6, 6.07) is 8.01. The molecule has 2 aliphatic rings. The van der Waals surface area contributed by atoms with Crippen molar-refractivity contribution in [2.24, 2.45) is 5.10 Å². The van der Waals surface area contributed by atoms with Crippen LogP contribution in [0.3, 0.4) is 0 Å². The number of hydrazone groups is 1. The lowest BCUT2D eigenvalue weighted by Crippen LogP contribution is -2.43. The maximum absolute atomic E-state index is 12.5. The minimum absolute atomic E-state index is 0.0574. The van der Waals surface area contributed by atoms with Gasteiger partial charge >= 0.3 is 0 Å². The molecule has 0 bridgehead atoms. The molecule has 124 valence electrons. The molecule has 1 aromatic carbocycles. The Morgan fingerprint density at radius 1 is 1.17 bits per heavy atom. The molecule has 0 aliphatic carbocycles. The molecule has 1 fully saturated rings. The largest absolute Gasteiger partial charge is 0.342 e. The summed E-state index contributed by atoms with van der Waals surface area (Å²) in [5, 5.41) is 3.90. The van der Waals surface area contributed by atoms with Gasteiger partial charge in [-0.25, -0.2) is 10.4 Å². The van der Waals surface area contributed by atoms with Gasteiger partial charge in [-0.1, -0.05) is 12.1 Å². The Hall–Kier alpha value is -2.70. The van der Waals surface area contributed by atoms with Gasteiger partial charge in [0.15, 0.2) is 0 Å². The molecule has 2 aliphatic heterocycles. The molecule has 3 heterocycles. The first-order chi connectivity index (χ1) is 11.7. The van der Waals surface area contributed by atoms with E-state index < -0.39 is 0 Å². The molecule has 0 radical (unpaired) electrons. The molecule has 7 nitrogen and oxygen atoms in total. The van der Waals surface area contributed by atoms with Crippen molar-refractivity contribution in [3.05, 3.63) is 30.1 Å². The van der Waals surface area contributed by atoms with Gasteiger partial charge in [0.05, 0.1) is 11.0 Å². The summed E-state index contributed by atoms with van der Waals surface area (Å²) in [4.78, 5) is 33.5. The van der Waals surface area contributed by atoms with Crippen molar-refractivity contribution >= 4 is 28.6 Å². The molecule has 0 unspecified atom stereocenters. The summed E-state index contributed by atoms with van der Waals surface area (Å²) in [6.07, 6.45) is 2.52. The number of hydrogen-bond donors (Lipinski definition) is 2. The van der Waals surface area contributed by atoms with E-state index in [1.165, 1.54) is 0 Å². The zero-order chi connectivity index (χ0) is 16.5. The van der Waals surface area contributed by atoms with E-state index in [1.807, 2.05) is 29.2 Å². The first-order valence-corrected chi connectivity index (χ1v) is 8.30. The summed E-state index contributed by atoms with van der Waals surface area (Å²) >= 11 is 0. The summed E-state index contributed by atoms with van der Waals surface area (Å²) < 4.78 is 0. The summed E-state index contributed by atoms with van der Waals surface area (Å²) in [5.74, 6) is 1.16. The minimum Gasteiger partial charge on any atom is -0.342 e. The maximum Gasteiger partial charge on any atom is 0.270 e. The minimum atomic E-state index is -0.129. The molecule has 0 spiro atoms. The Balaban J connectivity index is 1.41. The van der Waals surface area contributed by atoms with E-state index in [2.05, 4.69) is 20.5 Å². The highest BCUT2D eigenvalue weighted by molar-refractivity contribution is 6.39. The number of fused-ring (bicyclic) bond motifs is 1. The predicted octanol–water partition coefficient (Wildman–Crippen LogP) is 1.53. The van der Waals surface area contributed by atoms with Crippen molar-refractivity contribution in [1.29, 1.82) is 0 Å². The second-order valence-electron chi connectivity index (χ2n) is 6.30. The Morgan fingerprint density at radius 3 is 2.67 bits per heavy atom. The van der Waals surface area contributed by atoms with Crippen molar-refractivity contribution in [2.45, 2.75) is 31.6 Å². The van der Waals surface area contributed by atoms with E-state index in [1.54, 1.807) is 0 Å². The summed E-state index contributed by atoms with van der Waals surface area (Å²) in [7, 11) is 0. The number of carbonyl (C=O) groups is 2. The number of nitrogens with one attached hydrogen (secondary N) is 2. The molecule has 24 heavy (non-hydrogen) atoms. The van der Waals surface area contributed by atoms with Crippen molar-refractivity contribution in [1.82, 2.24) is 20.3 Å². The third-order valence-electron chi connectivity index (χ3n) is 4.73. The Labute approximate surface area is 139 Å². The normalized spacial score (nSPS) is 19.2. The van der Waals surface area contributed by atoms with E-state index in [0.29, 0.717) is 37.6 Å². The highest BCUT2D eigenvalue weighted by Crippen LogP contribution is 2.28. The molecule has 0 saturated carbocycles. The predicted molar refractivity (Wildman–Crippen MR) is 89.5 cm³/mol. The molecule has 2 amide bonds. The number of imidazole rings is 1. The van der Waals surface area contributed by atoms with Crippen LogP contribution in [0.1, 0.15) is 37.4 Å². The number of hydrogen-bond acceptors (Lipinski definition) is 4. The smallest absolute Gasteiger partial charge is 0.270 e. The van der Waals surface area contributed by atoms with Crippen molar-refractivity contribution < 1.29 is 9.59 Å². The van der Waals surface area contributed by atoms with E-state index in [0.717, 1.165) is 29.7 Å². The van der Waals surface area contributed by atoms with Gasteiger partial charge < -0.3 is 9.88 Å². The van der Waals surface area contributed by atoms with Gasteiger partial charge in [-0.15, -0.1) is 0 Å². The standard InChI is InChI=1S/C17H19N5O2/c23-15-6-5-14(20-21-15)17(24)22-9-7-11(8-10-22)16-18-12-3-1-2-4-13(12)19-16/h1-4,11H,5-10H2,(H,18,19)(H,21,23). The fraction of sp³-hybridized carbons (Fsp3) is 0.412. The molecule has 2 N–H and O–H groups in total. The lowest BCUT2D eigenvalue weighted by molar-refractivity contribution is -0.125. The van der Waals surface area contributed by atoms with Gasteiger partial charge in [0, 0.05) is 31.8 Å². The number of nitrogens with zero attached hydrogens (tertiary/aromatic N) is 3.